The molecule has 1 aromatic carbocycles. The quantitative estimate of drug-likeness (QED) is 0.610. The molecular weight excluding hydrogens is 392 g/mol. The first-order valence-corrected chi connectivity index (χ1v) is 9.93. The molecule has 0 unspecified atom stereocenters. The molecule has 158 valence electrons. The first-order valence-electron chi connectivity index (χ1n) is 9.93. The van der Waals surface area contributed by atoms with Gasteiger partial charge in [-0.05, 0) is 44.9 Å². The van der Waals surface area contributed by atoms with Crippen LogP contribution in [0.3, 0.4) is 0 Å². The number of hydrogen-bond acceptors (Lipinski definition) is 3. The van der Waals surface area contributed by atoms with Crippen molar-refractivity contribution in [1.82, 2.24) is 14.8 Å². The van der Waals surface area contributed by atoms with Crippen LogP contribution in [0.5, 0.6) is 0 Å². The van der Waals surface area contributed by atoms with Crippen LogP contribution in [0.4, 0.5) is 13.6 Å². The van der Waals surface area contributed by atoms with E-state index in [0.717, 1.165) is 16.3 Å². The fraction of sp³-hybridized carbons (Fsp3) is 0.409. The minimum atomic E-state index is -2.82. The molecule has 1 N–H and O–H groups in total. The maximum atomic E-state index is 13.5. The Morgan fingerprint density at radius 2 is 1.70 bits per heavy atom. The van der Waals surface area contributed by atoms with Crippen LogP contribution in [-0.2, 0) is 4.79 Å². The monoisotopic (exact) mass is 415 g/mol. The van der Waals surface area contributed by atoms with Gasteiger partial charge in [0.2, 0.25) is 5.92 Å². The third-order valence-corrected chi connectivity index (χ3v) is 6.13. The number of aromatic nitrogens is 1. The van der Waals surface area contributed by atoms with Crippen LogP contribution in [0.15, 0.2) is 36.4 Å². The lowest BCUT2D eigenvalue weighted by Gasteiger charge is -2.34. The lowest BCUT2D eigenvalue weighted by molar-refractivity contribution is -0.135. The van der Waals surface area contributed by atoms with Crippen molar-refractivity contribution in [2.75, 3.05) is 6.54 Å². The number of carbonyl (C=O) groups is 3. The summed E-state index contributed by atoms with van der Waals surface area (Å²) in [7, 11) is 0. The second-order valence-corrected chi connectivity index (χ2v) is 8.14. The van der Waals surface area contributed by atoms with Crippen molar-refractivity contribution >= 4 is 17.7 Å². The first kappa shape index (κ1) is 20.3. The van der Waals surface area contributed by atoms with Crippen LogP contribution in [0.2, 0.25) is 0 Å². The van der Waals surface area contributed by atoms with E-state index >= 15 is 0 Å². The second kappa shape index (κ2) is 7.04. The molecule has 1 aliphatic heterocycles. The molecule has 4 rings (SSSR count). The predicted octanol–water partition coefficient (Wildman–Crippen LogP) is 3.78. The highest BCUT2D eigenvalue weighted by atomic mass is 19.3. The molecule has 1 saturated carbocycles. The Labute approximate surface area is 172 Å². The third-order valence-electron chi connectivity index (χ3n) is 6.13. The Balaban J connectivity index is 1.55. The van der Waals surface area contributed by atoms with Crippen molar-refractivity contribution in [3.8, 4) is 5.69 Å². The highest BCUT2D eigenvalue weighted by Crippen LogP contribution is 2.41. The molecule has 2 aliphatic rings. The molecule has 6 nitrogen and oxygen atoms in total. The number of rotatable bonds is 4. The molecule has 1 saturated heterocycles. The average molecular weight is 415 g/mol. The molecule has 0 radical (unpaired) electrons. The summed E-state index contributed by atoms with van der Waals surface area (Å²) in [4.78, 5) is 39.1. The Morgan fingerprint density at radius 3 is 2.33 bits per heavy atom. The Bertz CT molecular complexity index is 1020. The van der Waals surface area contributed by atoms with Gasteiger partial charge in [-0.2, -0.15) is 0 Å². The van der Waals surface area contributed by atoms with Gasteiger partial charge >= 0.3 is 6.03 Å². The summed E-state index contributed by atoms with van der Waals surface area (Å²) >= 11 is 0. The summed E-state index contributed by atoms with van der Waals surface area (Å²) in [6.45, 7) is 3.27. The summed E-state index contributed by atoms with van der Waals surface area (Å²) in [5.74, 6) is -3.78. The van der Waals surface area contributed by atoms with Gasteiger partial charge in [0.25, 0.3) is 5.91 Å². The number of alkyl halides is 2. The summed E-state index contributed by atoms with van der Waals surface area (Å²) < 4.78 is 29.0. The zero-order valence-electron chi connectivity index (χ0n) is 16.9. The number of imide groups is 1. The molecule has 1 spiro atoms. The van der Waals surface area contributed by atoms with E-state index in [2.05, 4.69) is 5.32 Å². The number of nitrogens with one attached hydrogen (secondary N) is 1. The third kappa shape index (κ3) is 3.30. The molecule has 0 bridgehead atoms. The van der Waals surface area contributed by atoms with Gasteiger partial charge in [-0.25, -0.2) is 13.6 Å². The van der Waals surface area contributed by atoms with E-state index in [4.69, 9.17) is 0 Å². The predicted molar refractivity (Wildman–Crippen MR) is 106 cm³/mol. The molecule has 8 heteroatoms. The topological polar surface area (TPSA) is 71.4 Å². The van der Waals surface area contributed by atoms with Crippen molar-refractivity contribution in [2.24, 2.45) is 0 Å². The number of hydrogen-bond donors (Lipinski definition) is 1. The standard InChI is InChI=1S/C22H23F2N3O3/c1-14-12-17(15(2)27(14)16-6-4-3-5-7-16)18(28)13-26-19(29)21(25-20(26)30)8-10-22(23,24)11-9-21/h3-7,12H,8-11,13H2,1-2H3,(H,25,30). The van der Waals surface area contributed by atoms with E-state index in [-0.39, 0.29) is 18.6 Å². The van der Waals surface area contributed by atoms with Crippen molar-refractivity contribution < 1.29 is 23.2 Å². The van der Waals surface area contributed by atoms with Gasteiger partial charge in [0, 0.05) is 35.5 Å². The smallest absolute Gasteiger partial charge is 0.323 e. The SMILES string of the molecule is Cc1cc(C(=O)CN2C(=O)NC3(CCC(F)(F)CC3)C2=O)c(C)n1-c1ccccc1. The van der Waals surface area contributed by atoms with Crippen LogP contribution < -0.4 is 5.32 Å². The zero-order valence-corrected chi connectivity index (χ0v) is 16.9. The van der Waals surface area contributed by atoms with E-state index in [9.17, 15) is 23.2 Å². The number of urea groups is 1. The average Bonchev–Trinajstić information content (AvgIpc) is 3.13. The van der Waals surface area contributed by atoms with Gasteiger partial charge in [-0.3, -0.25) is 14.5 Å². The minimum Gasteiger partial charge on any atom is -0.323 e. The van der Waals surface area contributed by atoms with Gasteiger partial charge in [0.15, 0.2) is 5.78 Å². The first-order chi connectivity index (χ1) is 14.1. The number of benzene rings is 1. The molecule has 3 amide bonds. The maximum Gasteiger partial charge on any atom is 0.325 e. The summed E-state index contributed by atoms with van der Waals surface area (Å²) in [6, 6.07) is 10.6. The number of halogens is 2. The Morgan fingerprint density at radius 1 is 1.07 bits per heavy atom. The molecule has 1 aliphatic carbocycles. The fourth-order valence-electron chi connectivity index (χ4n) is 4.45. The minimum absolute atomic E-state index is 0.127. The molecule has 2 heterocycles. The zero-order chi connectivity index (χ0) is 21.7. The van der Waals surface area contributed by atoms with Crippen molar-refractivity contribution in [1.29, 1.82) is 0 Å². The Kier molecular flexibility index (Phi) is 4.75. The fourth-order valence-corrected chi connectivity index (χ4v) is 4.45. The number of nitrogens with zero attached hydrogens (tertiary/aromatic N) is 2. The van der Waals surface area contributed by atoms with E-state index in [1.54, 1.807) is 6.07 Å². The highest BCUT2D eigenvalue weighted by molar-refractivity contribution is 6.11. The van der Waals surface area contributed by atoms with Crippen LogP contribution in [-0.4, -0.2) is 45.2 Å². The van der Waals surface area contributed by atoms with Crippen molar-refractivity contribution in [2.45, 2.75) is 51.0 Å². The van der Waals surface area contributed by atoms with Crippen LogP contribution in [0.1, 0.15) is 47.4 Å². The van der Waals surface area contributed by atoms with E-state index in [1.165, 1.54) is 0 Å². The van der Waals surface area contributed by atoms with Gasteiger partial charge in [0.05, 0.1) is 6.54 Å². The van der Waals surface area contributed by atoms with Gasteiger partial charge in [-0.15, -0.1) is 0 Å². The summed E-state index contributed by atoms with van der Waals surface area (Å²) in [6.07, 6.45) is -1.17. The highest BCUT2D eigenvalue weighted by Gasteiger charge is 2.55. The molecule has 2 fully saturated rings. The number of Topliss-reactive ketones (excluding diaryl/α,β-unsaturated/α-hetero) is 1. The molecular formula is C22H23F2N3O3. The van der Waals surface area contributed by atoms with E-state index < -0.39 is 42.8 Å². The lowest BCUT2D eigenvalue weighted by atomic mass is 9.80. The van der Waals surface area contributed by atoms with Crippen LogP contribution in [0.25, 0.3) is 5.69 Å². The number of ketones is 1. The number of aryl methyl sites for hydroxylation is 1. The molecule has 2 aromatic rings. The Hall–Kier alpha value is -3.03. The van der Waals surface area contributed by atoms with Gasteiger partial charge in [-0.1, -0.05) is 18.2 Å². The van der Waals surface area contributed by atoms with Crippen LogP contribution >= 0.6 is 0 Å². The van der Waals surface area contributed by atoms with Crippen molar-refractivity contribution in [3.05, 3.63) is 53.3 Å². The van der Waals surface area contributed by atoms with Gasteiger partial charge in [0.1, 0.15) is 5.54 Å². The number of para-hydroxylation sites is 1. The van der Waals surface area contributed by atoms with Crippen LogP contribution in [0, 0.1) is 13.8 Å². The second-order valence-electron chi connectivity index (χ2n) is 8.14. The number of amides is 3. The van der Waals surface area contributed by atoms with E-state index in [0.29, 0.717) is 11.3 Å². The lowest BCUT2D eigenvalue weighted by Crippen LogP contribution is -2.51. The summed E-state index contributed by atoms with van der Waals surface area (Å²) in [5, 5.41) is 2.57. The molecule has 30 heavy (non-hydrogen) atoms. The van der Waals surface area contributed by atoms with E-state index in [1.807, 2.05) is 48.7 Å². The van der Waals surface area contributed by atoms with Gasteiger partial charge < -0.3 is 9.88 Å². The molecule has 1 aromatic heterocycles. The summed E-state index contributed by atoms with van der Waals surface area (Å²) in [5.41, 5.74) is 1.57. The number of carbonyl (C=O) groups excluding carboxylic acids is 3. The van der Waals surface area contributed by atoms with Crippen molar-refractivity contribution in [3.63, 3.8) is 0 Å². The molecule has 0 atom stereocenters. The largest absolute Gasteiger partial charge is 0.325 e. The maximum absolute atomic E-state index is 13.5. The normalized spacial score (nSPS) is 19.9.